The Hall–Kier alpha value is -1.06. The Morgan fingerprint density at radius 1 is 1.31 bits per heavy atom. The van der Waals surface area contributed by atoms with E-state index in [0.29, 0.717) is 18.8 Å². The third-order valence-corrected chi connectivity index (χ3v) is 3.29. The molecule has 0 aromatic rings. The van der Waals surface area contributed by atoms with Gasteiger partial charge in [-0.2, -0.15) is 0 Å². The average molecular weight is 226 g/mol. The molecule has 0 saturated heterocycles. The molecule has 1 rings (SSSR count). The molecule has 0 spiro atoms. The van der Waals surface area contributed by atoms with Crippen LogP contribution in [-0.4, -0.2) is 17.9 Å². The number of amides is 2. The van der Waals surface area contributed by atoms with E-state index in [2.05, 4.69) is 5.32 Å². The normalized spacial score (nSPS) is 19.1. The summed E-state index contributed by atoms with van der Waals surface area (Å²) in [5.74, 6) is 0.0374. The molecule has 4 nitrogen and oxygen atoms in total. The van der Waals surface area contributed by atoms with Crippen molar-refractivity contribution in [3.8, 4) is 0 Å². The summed E-state index contributed by atoms with van der Waals surface area (Å²) in [5, 5.41) is 2.70. The molecule has 0 aromatic carbocycles. The van der Waals surface area contributed by atoms with Crippen LogP contribution in [-0.2, 0) is 9.59 Å². The maximum absolute atomic E-state index is 11.2. The topological polar surface area (TPSA) is 72.2 Å². The Labute approximate surface area is 97.0 Å². The highest BCUT2D eigenvalue weighted by molar-refractivity contribution is 5.86. The maximum atomic E-state index is 11.2. The molecule has 2 amide bonds. The predicted molar refractivity (Wildman–Crippen MR) is 62.6 cm³/mol. The molecule has 1 saturated carbocycles. The van der Waals surface area contributed by atoms with Crippen molar-refractivity contribution in [2.24, 2.45) is 11.7 Å². The summed E-state index contributed by atoms with van der Waals surface area (Å²) in [4.78, 5) is 22.5. The monoisotopic (exact) mass is 226 g/mol. The Kier molecular flexibility index (Phi) is 5.29. The summed E-state index contributed by atoms with van der Waals surface area (Å²) in [6.45, 7) is 1.77. The molecule has 4 heteroatoms. The Balaban J connectivity index is 2.43. The molecule has 1 aliphatic rings. The van der Waals surface area contributed by atoms with Crippen molar-refractivity contribution < 1.29 is 9.59 Å². The number of carbonyl (C=O) groups is 2. The molecule has 1 fully saturated rings. The van der Waals surface area contributed by atoms with E-state index in [1.165, 1.54) is 19.3 Å². The minimum Gasteiger partial charge on any atom is -0.368 e. The van der Waals surface area contributed by atoms with Crippen LogP contribution < -0.4 is 11.1 Å². The van der Waals surface area contributed by atoms with E-state index in [1.807, 2.05) is 0 Å². The van der Waals surface area contributed by atoms with Gasteiger partial charge in [0.1, 0.15) is 6.04 Å². The van der Waals surface area contributed by atoms with Crippen molar-refractivity contribution >= 4 is 11.8 Å². The molecule has 0 radical (unpaired) electrons. The quantitative estimate of drug-likeness (QED) is 0.742. The molecule has 0 bridgehead atoms. The predicted octanol–water partition coefficient (Wildman–Crippen LogP) is 1.34. The first-order chi connectivity index (χ1) is 7.63. The summed E-state index contributed by atoms with van der Waals surface area (Å²) < 4.78 is 0. The second kappa shape index (κ2) is 6.51. The molecule has 0 aliphatic heterocycles. The van der Waals surface area contributed by atoms with E-state index < -0.39 is 11.9 Å². The molecule has 92 valence electrons. The molecule has 1 atom stereocenters. The van der Waals surface area contributed by atoms with Gasteiger partial charge >= 0.3 is 0 Å². The fraction of sp³-hybridized carbons (Fsp3) is 0.833. The minimum atomic E-state index is -0.476. The van der Waals surface area contributed by atoms with Gasteiger partial charge < -0.3 is 11.1 Å². The second-order valence-corrected chi connectivity index (χ2v) is 4.62. The van der Waals surface area contributed by atoms with Crippen LogP contribution in [0.15, 0.2) is 0 Å². The van der Waals surface area contributed by atoms with Crippen LogP contribution in [0.4, 0.5) is 0 Å². The lowest BCUT2D eigenvalue weighted by molar-refractivity contribution is -0.127. The van der Waals surface area contributed by atoms with Crippen molar-refractivity contribution in [1.82, 2.24) is 5.32 Å². The highest BCUT2D eigenvalue weighted by atomic mass is 16.2. The van der Waals surface area contributed by atoms with Crippen LogP contribution in [0.1, 0.15) is 51.9 Å². The molecule has 16 heavy (non-hydrogen) atoms. The zero-order valence-electron chi connectivity index (χ0n) is 10.00. The van der Waals surface area contributed by atoms with Crippen LogP contribution in [0.25, 0.3) is 0 Å². The van der Waals surface area contributed by atoms with E-state index in [1.54, 1.807) is 6.92 Å². The fourth-order valence-corrected chi connectivity index (χ4v) is 2.30. The number of primary amides is 1. The van der Waals surface area contributed by atoms with Gasteiger partial charge in [0.25, 0.3) is 0 Å². The van der Waals surface area contributed by atoms with E-state index in [0.717, 1.165) is 12.8 Å². The van der Waals surface area contributed by atoms with Crippen molar-refractivity contribution in [1.29, 1.82) is 0 Å². The first-order valence-electron chi connectivity index (χ1n) is 6.22. The summed E-state index contributed by atoms with van der Waals surface area (Å²) in [6, 6.07) is -0.476. The lowest BCUT2D eigenvalue weighted by Crippen LogP contribution is -2.45. The highest BCUT2D eigenvalue weighted by Crippen LogP contribution is 2.27. The van der Waals surface area contributed by atoms with Crippen molar-refractivity contribution in [2.45, 2.75) is 57.9 Å². The third kappa shape index (κ3) is 4.21. The van der Waals surface area contributed by atoms with Crippen LogP contribution in [0.2, 0.25) is 0 Å². The number of nitrogens with two attached hydrogens (primary N) is 1. The van der Waals surface area contributed by atoms with Crippen LogP contribution in [0.5, 0.6) is 0 Å². The van der Waals surface area contributed by atoms with E-state index in [9.17, 15) is 9.59 Å². The van der Waals surface area contributed by atoms with E-state index >= 15 is 0 Å². The van der Waals surface area contributed by atoms with Gasteiger partial charge in [0.05, 0.1) is 0 Å². The number of hydrogen-bond acceptors (Lipinski definition) is 2. The molecule has 3 N–H and O–H groups in total. The largest absolute Gasteiger partial charge is 0.368 e. The van der Waals surface area contributed by atoms with Crippen LogP contribution in [0, 0.1) is 5.92 Å². The standard InChI is InChI=1S/C12H22N2O2/c1-2-11(15)14-10(12(13)16)8-9-6-4-3-5-7-9/h9-10H,2-8H2,1H3,(H2,13,16)(H,14,15). The van der Waals surface area contributed by atoms with Gasteiger partial charge in [-0.25, -0.2) is 0 Å². The van der Waals surface area contributed by atoms with Gasteiger partial charge in [-0.1, -0.05) is 39.0 Å². The summed E-state index contributed by atoms with van der Waals surface area (Å²) in [5.41, 5.74) is 5.30. The number of rotatable bonds is 5. The second-order valence-electron chi connectivity index (χ2n) is 4.62. The average Bonchev–Trinajstić information content (AvgIpc) is 2.29. The Morgan fingerprint density at radius 2 is 1.94 bits per heavy atom. The Morgan fingerprint density at radius 3 is 2.44 bits per heavy atom. The maximum Gasteiger partial charge on any atom is 0.240 e. The molecule has 0 heterocycles. The van der Waals surface area contributed by atoms with Gasteiger partial charge in [-0.05, 0) is 12.3 Å². The van der Waals surface area contributed by atoms with E-state index in [-0.39, 0.29) is 5.91 Å². The zero-order valence-corrected chi connectivity index (χ0v) is 10.00. The van der Waals surface area contributed by atoms with Gasteiger partial charge in [-0.15, -0.1) is 0 Å². The Bertz CT molecular complexity index is 247. The highest BCUT2D eigenvalue weighted by Gasteiger charge is 2.23. The van der Waals surface area contributed by atoms with Crippen LogP contribution >= 0.6 is 0 Å². The summed E-state index contributed by atoms with van der Waals surface area (Å²) in [7, 11) is 0. The summed E-state index contributed by atoms with van der Waals surface area (Å²) in [6.07, 6.45) is 7.18. The number of hydrogen-bond donors (Lipinski definition) is 2. The molecule has 1 aliphatic carbocycles. The molecule has 0 aromatic heterocycles. The first kappa shape index (κ1) is 13.0. The third-order valence-electron chi connectivity index (χ3n) is 3.29. The van der Waals surface area contributed by atoms with Gasteiger partial charge in [0, 0.05) is 6.42 Å². The van der Waals surface area contributed by atoms with Crippen LogP contribution in [0.3, 0.4) is 0 Å². The lowest BCUT2D eigenvalue weighted by Gasteiger charge is -2.25. The number of nitrogens with one attached hydrogen (secondary N) is 1. The zero-order chi connectivity index (χ0) is 12.0. The van der Waals surface area contributed by atoms with Gasteiger partial charge in [0.15, 0.2) is 0 Å². The van der Waals surface area contributed by atoms with Crippen molar-refractivity contribution in [3.63, 3.8) is 0 Å². The lowest BCUT2D eigenvalue weighted by atomic mass is 9.84. The molecule has 1 unspecified atom stereocenters. The first-order valence-corrected chi connectivity index (χ1v) is 6.22. The van der Waals surface area contributed by atoms with Gasteiger partial charge in [-0.3, -0.25) is 9.59 Å². The van der Waals surface area contributed by atoms with Crippen molar-refractivity contribution in [3.05, 3.63) is 0 Å². The van der Waals surface area contributed by atoms with Crippen molar-refractivity contribution in [2.75, 3.05) is 0 Å². The van der Waals surface area contributed by atoms with E-state index in [4.69, 9.17) is 5.73 Å². The fourth-order valence-electron chi connectivity index (χ4n) is 2.30. The molecular weight excluding hydrogens is 204 g/mol. The SMILES string of the molecule is CCC(=O)NC(CC1CCCCC1)C(N)=O. The van der Waals surface area contributed by atoms with Gasteiger partial charge in [0.2, 0.25) is 11.8 Å². The number of carbonyl (C=O) groups excluding carboxylic acids is 2. The smallest absolute Gasteiger partial charge is 0.240 e. The summed E-state index contributed by atoms with van der Waals surface area (Å²) >= 11 is 0. The minimum absolute atomic E-state index is 0.0976. The molecular formula is C12H22N2O2.